The molecule has 0 fully saturated rings. The predicted octanol–water partition coefficient (Wildman–Crippen LogP) is 7.84. The summed E-state index contributed by atoms with van der Waals surface area (Å²) in [4.78, 5) is 27.1. The Bertz CT molecular complexity index is 1540. The molecule has 0 saturated carbocycles. The molecule has 1 heterocycles. The number of carboxylic acid groups (broad SMARTS) is 1. The quantitative estimate of drug-likeness (QED) is 0.196. The predicted molar refractivity (Wildman–Crippen MR) is 144 cm³/mol. The Morgan fingerprint density at radius 2 is 1.62 bits per heavy atom. The average Bonchev–Trinajstić information content (AvgIpc) is 2.89. The van der Waals surface area contributed by atoms with E-state index in [1.165, 1.54) is 18.3 Å². The zero-order chi connectivity index (χ0) is 28.1. The standard InChI is InChI=1S/C30H24ClF3N2O3/c1-17-5-8-22(25(32)11-17)21-9-7-20(13-24(21)31)35-16-19-12-26(33)27(34)14-23(19)18-6-10-28(36-15-18)29(37)3-2-4-30(38)39/h5-15,35H,2-4,16H2,1H3,(H,38,39). The molecule has 0 radical (unpaired) electrons. The van der Waals surface area contributed by atoms with Gasteiger partial charge in [-0.1, -0.05) is 35.9 Å². The van der Waals surface area contributed by atoms with E-state index in [-0.39, 0.29) is 43.1 Å². The molecule has 1 aromatic heterocycles. The molecule has 0 saturated heterocycles. The smallest absolute Gasteiger partial charge is 0.303 e. The number of halogens is 4. The fourth-order valence-corrected chi connectivity index (χ4v) is 4.41. The van der Waals surface area contributed by atoms with Crippen molar-refractivity contribution in [2.45, 2.75) is 32.7 Å². The van der Waals surface area contributed by atoms with E-state index in [1.807, 2.05) is 0 Å². The first kappa shape index (κ1) is 27.9. The molecular weight excluding hydrogens is 529 g/mol. The Kier molecular flexibility index (Phi) is 8.66. The summed E-state index contributed by atoms with van der Waals surface area (Å²) in [6.45, 7) is 1.90. The number of pyridine rings is 1. The van der Waals surface area contributed by atoms with E-state index in [0.717, 1.165) is 17.7 Å². The number of benzene rings is 3. The van der Waals surface area contributed by atoms with Gasteiger partial charge in [0.2, 0.25) is 0 Å². The number of carboxylic acids is 1. The van der Waals surface area contributed by atoms with Crippen LogP contribution in [0.3, 0.4) is 0 Å². The lowest BCUT2D eigenvalue weighted by Gasteiger charge is -2.14. The van der Waals surface area contributed by atoms with Crippen molar-refractivity contribution in [3.8, 4) is 22.3 Å². The second kappa shape index (κ2) is 12.1. The SMILES string of the molecule is Cc1ccc(-c2ccc(NCc3cc(F)c(F)cc3-c3ccc(C(=O)CCCC(=O)O)nc3)cc2Cl)c(F)c1. The summed E-state index contributed by atoms with van der Waals surface area (Å²) in [5, 5.41) is 12.2. The Labute approximate surface area is 228 Å². The molecule has 0 aliphatic heterocycles. The van der Waals surface area contributed by atoms with E-state index in [0.29, 0.717) is 38.5 Å². The van der Waals surface area contributed by atoms with Crippen LogP contribution in [0, 0.1) is 24.4 Å². The maximum absolute atomic E-state index is 14.4. The number of aliphatic carboxylic acids is 1. The number of nitrogens with zero attached hydrogens (tertiary/aromatic N) is 1. The highest BCUT2D eigenvalue weighted by Gasteiger charge is 2.15. The van der Waals surface area contributed by atoms with Gasteiger partial charge in [-0.15, -0.1) is 0 Å². The minimum absolute atomic E-state index is 0.0386. The molecule has 39 heavy (non-hydrogen) atoms. The molecule has 3 aromatic carbocycles. The second-order valence-electron chi connectivity index (χ2n) is 9.06. The second-order valence-corrected chi connectivity index (χ2v) is 9.46. The minimum atomic E-state index is -1.03. The van der Waals surface area contributed by atoms with Gasteiger partial charge in [0.05, 0.1) is 5.02 Å². The number of carbonyl (C=O) groups is 2. The third kappa shape index (κ3) is 6.83. The lowest BCUT2D eigenvalue weighted by molar-refractivity contribution is -0.137. The van der Waals surface area contributed by atoms with Crippen LogP contribution in [0.5, 0.6) is 0 Å². The number of rotatable bonds is 10. The van der Waals surface area contributed by atoms with Crippen molar-refractivity contribution in [1.29, 1.82) is 0 Å². The summed E-state index contributed by atoms with van der Waals surface area (Å²) in [6, 6.07) is 15.1. The number of carbonyl (C=O) groups excluding carboxylic acids is 1. The van der Waals surface area contributed by atoms with Gasteiger partial charge in [0.1, 0.15) is 11.5 Å². The van der Waals surface area contributed by atoms with Gasteiger partial charge in [-0.2, -0.15) is 0 Å². The monoisotopic (exact) mass is 552 g/mol. The number of Topliss-reactive ketones (excluding diaryl/α,β-unsaturated/α-hetero) is 1. The molecule has 0 atom stereocenters. The van der Waals surface area contributed by atoms with E-state index < -0.39 is 17.6 Å². The van der Waals surface area contributed by atoms with Crippen molar-refractivity contribution in [2.24, 2.45) is 0 Å². The Morgan fingerprint density at radius 1 is 0.872 bits per heavy atom. The summed E-state index contributed by atoms with van der Waals surface area (Å²) >= 11 is 6.44. The largest absolute Gasteiger partial charge is 0.481 e. The summed E-state index contributed by atoms with van der Waals surface area (Å²) in [6.07, 6.45) is 1.51. The highest BCUT2D eigenvalue weighted by atomic mass is 35.5. The number of nitrogens with one attached hydrogen (secondary N) is 1. The van der Waals surface area contributed by atoms with Crippen molar-refractivity contribution in [2.75, 3.05) is 5.32 Å². The number of hydrogen-bond donors (Lipinski definition) is 2. The van der Waals surface area contributed by atoms with E-state index >= 15 is 0 Å². The lowest BCUT2D eigenvalue weighted by atomic mass is 9.99. The number of hydrogen-bond acceptors (Lipinski definition) is 4. The molecule has 4 rings (SSSR count). The Balaban J connectivity index is 1.53. The van der Waals surface area contributed by atoms with E-state index in [9.17, 15) is 22.8 Å². The normalized spacial score (nSPS) is 10.9. The van der Waals surface area contributed by atoms with Crippen LogP contribution in [0.15, 0.2) is 66.9 Å². The molecule has 0 aliphatic carbocycles. The summed E-state index contributed by atoms with van der Waals surface area (Å²) in [5.74, 6) is -3.72. The zero-order valence-electron chi connectivity index (χ0n) is 20.9. The number of anilines is 1. The van der Waals surface area contributed by atoms with Crippen molar-refractivity contribution >= 4 is 29.0 Å². The van der Waals surface area contributed by atoms with Crippen LogP contribution < -0.4 is 5.32 Å². The maximum atomic E-state index is 14.4. The maximum Gasteiger partial charge on any atom is 0.303 e. The molecule has 2 N–H and O–H groups in total. The molecule has 0 spiro atoms. The molecular formula is C30H24ClF3N2O3. The first-order valence-corrected chi connectivity index (χ1v) is 12.5. The summed E-state index contributed by atoms with van der Waals surface area (Å²) < 4.78 is 42.8. The molecule has 0 unspecified atom stereocenters. The topological polar surface area (TPSA) is 79.3 Å². The van der Waals surface area contributed by atoms with Crippen molar-refractivity contribution < 1.29 is 27.9 Å². The van der Waals surface area contributed by atoms with Gasteiger partial charge in [0.25, 0.3) is 0 Å². The summed E-state index contributed by atoms with van der Waals surface area (Å²) in [7, 11) is 0. The van der Waals surface area contributed by atoms with Crippen LogP contribution in [-0.2, 0) is 11.3 Å². The third-order valence-corrected chi connectivity index (χ3v) is 6.48. The van der Waals surface area contributed by atoms with Gasteiger partial charge >= 0.3 is 5.97 Å². The van der Waals surface area contributed by atoms with E-state index in [1.54, 1.807) is 43.3 Å². The van der Waals surface area contributed by atoms with Crippen LogP contribution in [-0.4, -0.2) is 21.8 Å². The highest BCUT2D eigenvalue weighted by Crippen LogP contribution is 2.33. The highest BCUT2D eigenvalue weighted by molar-refractivity contribution is 6.33. The molecule has 200 valence electrons. The molecule has 4 aromatic rings. The van der Waals surface area contributed by atoms with Crippen LogP contribution in [0.2, 0.25) is 5.02 Å². The van der Waals surface area contributed by atoms with Gasteiger partial charge in [-0.25, -0.2) is 13.2 Å². The molecule has 5 nitrogen and oxygen atoms in total. The van der Waals surface area contributed by atoms with Gasteiger partial charge in [0.15, 0.2) is 17.4 Å². The van der Waals surface area contributed by atoms with E-state index in [2.05, 4.69) is 10.3 Å². The first-order valence-electron chi connectivity index (χ1n) is 12.1. The van der Waals surface area contributed by atoms with Crippen molar-refractivity contribution in [3.05, 3.63) is 106 Å². The number of aromatic nitrogens is 1. The average molecular weight is 553 g/mol. The summed E-state index contributed by atoms with van der Waals surface area (Å²) in [5.41, 5.74) is 3.72. The zero-order valence-corrected chi connectivity index (χ0v) is 21.7. The van der Waals surface area contributed by atoms with Crippen molar-refractivity contribution in [3.63, 3.8) is 0 Å². The van der Waals surface area contributed by atoms with Crippen LogP contribution in [0.1, 0.15) is 40.9 Å². The van der Waals surface area contributed by atoms with Crippen LogP contribution in [0.25, 0.3) is 22.3 Å². The number of aryl methyl sites for hydroxylation is 1. The van der Waals surface area contributed by atoms with E-state index in [4.69, 9.17) is 16.7 Å². The van der Waals surface area contributed by atoms with Crippen molar-refractivity contribution in [1.82, 2.24) is 4.98 Å². The minimum Gasteiger partial charge on any atom is -0.481 e. The van der Waals surface area contributed by atoms with Gasteiger partial charge < -0.3 is 10.4 Å². The Morgan fingerprint density at radius 3 is 2.28 bits per heavy atom. The van der Waals surface area contributed by atoms with Gasteiger partial charge in [-0.05, 0) is 66.4 Å². The number of ketones is 1. The first-order chi connectivity index (χ1) is 18.6. The molecule has 0 amide bonds. The molecule has 0 aliphatic rings. The lowest BCUT2D eigenvalue weighted by Crippen LogP contribution is -2.05. The third-order valence-electron chi connectivity index (χ3n) is 6.17. The fourth-order valence-electron chi connectivity index (χ4n) is 4.13. The Hall–Kier alpha value is -4.17. The molecule has 0 bridgehead atoms. The fraction of sp³-hybridized carbons (Fsp3) is 0.167. The van der Waals surface area contributed by atoms with Gasteiger partial charge in [-0.3, -0.25) is 14.6 Å². The molecule has 9 heteroatoms. The van der Waals surface area contributed by atoms with Gasteiger partial charge in [0, 0.05) is 48.0 Å². The van der Waals surface area contributed by atoms with Crippen LogP contribution >= 0.6 is 11.6 Å². The van der Waals surface area contributed by atoms with Crippen LogP contribution in [0.4, 0.5) is 18.9 Å².